The topological polar surface area (TPSA) is 72.9 Å². The van der Waals surface area contributed by atoms with Gasteiger partial charge in [-0.2, -0.15) is 0 Å². The molecule has 0 aliphatic heterocycles. The van der Waals surface area contributed by atoms with Gasteiger partial charge in [0.25, 0.3) is 0 Å². The molecule has 1 aromatic rings. The minimum atomic E-state index is -0.716. The molecule has 17 heavy (non-hydrogen) atoms. The van der Waals surface area contributed by atoms with Crippen LogP contribution in [0.5, 0.6) is 0 Å². The van der Waals surface area contributed by atoms with Gasteiger partial charge in [0, 0.05) is 5.69 Å². The molecule has 5 nitrogen and oxygen atoms in total. The number of hydrogen-bond donors (Lipinski definition) is 2. The van der Waals surface area contributed by atoms with E-state index in [1.54, 1.807) is 7.05 Å². The average Bonchev–Trinajstić information content (AvgIpc) is 2.72. The summed E-state index contributed by atoms with van der Waals surface area (Å²) in [5.41, 5.74) is 7.17. The molecule has 1 atom stereocenters. The maximum Gasteiger partial charge on any atom is 0.239 e. The van der Waals surface area contributed by atoms with Gasteiger partial charge in [-0.25, -0.2) is 4.98 Å². The van der Waals surface area contributed by atoms with E-state index in [2.05, 4.69) is 14.9 Å². The maximum atomic E-state index is 11.5. The molecule has 0 fully saturated rings. The number of fused-ring (bicyclic) bond motifs is 1. The van der Waals surface area contributed by atoms with Crippen molar-refractivity contribution in [2.45, 2.75) is 44.7 Å². The molecule has 0 aromatic carbocycles. The van der Waals surface area contributed by atoms with Gasteiger partial charge < -0.3 is 15.6 Å². The third kappa shape index (κ3) is 2.20. The van der Waals surface area contributed by atoms with Crippen LogP contribution in [0.1, 0.15) is 31.2 Å². The zero-order valence-corrected chi connectivity index (χ0v) is 10.5. The van der Waals surface area contributed by atoms with Gasteiger partial charge >= 0.3 is 0 Å². The van der Waals surface area contributed by atoms with Crippen LogP contribution in [0.3, 0.4) is 0 Å². The summed E-state index contributed by atoms with van der Waals surface area (Å²) in [5, 5.41) is 3.00. The fraction of sp³-hybridized carbons (Fsp3) is 0.667. The molecule has 1 amide bonds. The van der Waals surface area contributed by atoms with Crippen LogP contribution >= 0.6 is 0 Å². The van der Waals surface area contributed by atoms with Crippen molar-refractivity contribution in [3.05, 3.63) is 17.7 Å². The van der Waals surface area contributed by atoms with Crippen LogP contribution in [0.4, 0.5) is 0 Å². The van der Waals surface area contributed by atoms with E-state index in [1.165, 1.54) is 24.2 Å². The van der Waals surface area contributed by atoms with Crippen LogP contribution in [0.2, 0.25) is 0 Å². The van der Waals surface area contributed by atoms with Crippen molar-refractivity contribution in [3.63, 3.8) is 0 Å². The number of carbonyl (C=O) groups excluding carboxylic acids is 1. The number of nitrogens with zero attached hydrogens (tertiary/aromatic N) is 2. The average molecular weight is 236 g/mol. The summed E-state index contributed by atoms with van der Waals surface area (Å²) in [6, 6.07) is 0. The van der Waals surface area contributed by atoms with E-state index in [9.17, 15) is 4.79 Å². The number of nitrogens with one attached hydrogen (secondary N) is 1. The lowest BCUT2D eigenvalue weighted by Crippen LogP contribution is -2.54. The summed E-state index contributed by atoms with van der Waals surface area (Å²) in [6.45, 7) is 2.37. The molecule has 0 saturated carbocycles. The monoisotopic (exact) mass is 236 g/mol. The quantitative estimate of drug-likeness (QED) is 0.785. The van der Waals surface area contributed by atoms with Crippen LogP contribution < -0.4 is 11.1 Å². The number of aryl methyl sites for hydroxylation is 1. The highest BCUT2D eigenvalue weighted by atomic mass is 16.1. The fourth-order valence-corrected chi connectivity index (χ4v) is 2.29. The molecule has 2 rings (SSSR count). The number of imidazole rings is 1. The van der Waals surface area contributed by atoms with Crippen molar-refractivity contribution in [2.75, 3.05) is 7.05 Å². The molecule has 0 spiro atoms. The third-order valence-electron chi connectivity index (χ3n) is 3.69. The van der Waals surface area contributed by atoms with E-state index in [0.717, 1.165) is 12.8 Å². The number of amides is 1. The first-order valence-electron chi connectivity index (χ1n) is 6.08. The maximum absolute atomic E-state index is 11.5. The number of nitrogens with two attached hydrogens (primary N) is 1. The van der Waals surface area contributed by atoms with E-state index >= 15 is 0 Å². The molecule has 0 bridgehead atoms. The highest BCUT2D eigenvalue weighted by molar-refractivity contribution is 5.84. The second kappa shape index (κ2) is 4.49. The summed E-state index contributed by atoms with van der Waals surface area (Å²) in [7, 11) is 1.76. The molecule has 1 aromatic heterocycles. The Kier molecular flexibility index (Phi) is 3.19. The van der Waals surface area contributed by atoms with Gasteiger partial charge in [-0.3, -0.25) is 4.79 Å². The lowest BCUT2D eigenvalue weighted by molar-refractivity contribution is -0.124. The van der Waals surface area contributed by atoms with Crippen LogP contribution in [-0.4, -0.2) is 28.0 Å². The molecule has 1 heterocycles. The number of primary amides is 1. The first kappa shape index (κ1) is 12.1. The van der Waals surface area contributed by atoms with Gasteiger partial charge in [-0.1, -0.05) is 0 Å². The van der Waals surface area contributed by atoms with Crippen LogP contribution in [0.25, 0.3) is 0 Å². The summed E-state index contributed by atoms with van der Waals surface area (Å²) < 4.78 is 2.07. The minimum Gasteiger partial charge on any atom is -0.368 e. The Bertz CT molecular complexity index is 426. The molecule has 5 heteroatoms. The van der Waals surface area contributed by atoms with E-state index < -0.39 is 5.54 Å². The molecular formula is C12H20N4O. The Morgan fingerprint density at radius 2 is 2.29 bits per heavy atom. The number of aromatic nitrogens is 2. The standard InChI is InChI=1S/C12H20N4O/c1-12(14-2,11(13)17)7-16-8-15-9-5-3-4-6-10(9)16/h8,14H,3-7H2,1-2H3,(H2,13,17). The molecular weight excluding hydrogens is 216 g/mol. The Balaban J connectivity index is 2.24. The first-order chi connectivity index (χ1) is 8.07. The van der Waals surface area contributed by atoms with Gasteiger partial charge in [0.15, 0.2) is 0 Å². The third-order valence-corrected chi connectivity index (χ3v) is 3.69. The second-order valence-electron chi connectivity index (χ2n) is 4.92. The van der Waals surface area contributed by atoms with Crippen molar-refractivity contribution in [3.8, 4) is 0 Å². The Morgan fingerprint density at radius 3 is 2.94 bits per heavy atom. The van der Waals surface area contributed by atoms with Gasteiger partial charge in [0.1, 0.15) is 5.54 Å². The molecule has 1 unspecified atom stereocenters. The van der Waals surface area contributed by atoms with E-state index in [1.807, 2.05) is 13.3 Å². The summed E-state index contributed by atoms with van der Waals surface area (Å²) in [5.74, 6) is -0.335. The number of rotatable bonds is 4. The zero-order valence-electron chi connectivity index (χ0n) is 10.5. The first-order valence-corrected chi connectivity index (χ1v) is 6.08. The fourth-order valence-electron chi connectivity index (χ4n) is 2.29. The number of hydrogen-bond acceptors (Lipinski definition) is 3. The van der Waals surface area contributed by atoms with Gasteiger partial charge in [-0.05, 0) is 39.7 Å². The molecule has 0 radical (unpaired) electrons. The van der Waals surface area contributed by atoms with Gasteiger partial charge in [-0.15, -0.1) is 0 Å². The van der Waals surface area contributed by atoms with E-state index in [-0.39, 0.29) is 5.91 Å². The summed E-state index contributed by atoms with van der Waals surface area (Å²) in [6.07, 6.45) is 6.34. The van der Waals surface area contributed by atoms with Gasteiger partial charge in [0.2, 0.25) is 5.91 Å². The lowest BCUT2D eigenvalue weighted by Gasteiger charge is -2.27. The molecule has 1 aliphatic rings. The van der Waals surface area contributed by atoms with Crippen LogP contribution in [0, 0.1) is 0 Å². The smallest absolute Gasteiger partial charge is 0.239 e. The van der Waals surface area contributed by atoms with Crippen molar-refractivity contribution in [1.29, 1.82) is 0 Å². The summed E-state index contributed by atoms with van der Waals surface area (Å²) in [4.78, 5) is 15.9. The van der Waals surface area contributed by atoms with Crippen molar-refractivity contribution in [1.82, 2.24) is 14.9 Å². The second-order valence-corrected chi connectivity index (χ2v) is 4.92. The minimum absolute atomic E-state index is 0.335. The highest BCUT2D eigenvalue weighted by Gasteiger charge is 2.30. The van der Waals surface area contributed by atoms with Gasteiger partial charge in [0.05, 0.1) is 18.6 Å². The predicted molar refractivity (Wildman–Crippen MR) is 65.5 cm³/mol. The van der Waals surface area contributed by atoms with Crippen LogP contribution in [0.15, 0.2) is 6.33 Å². The molecule has 94 valence electrons. The summed E-state index contributed by atoms with van der Waals surface area (Å²) >= 11 is 0. The van der Waals surface area contributed by atoms with Crippen molar-refractivity contribution >= 4 is 5.91 Å². The normalized spacial score (nSPS) is 18.5. The highest BCUT2D eigenvalue weighted by Crippen LogP contribution is 2.21. The van der Waals surface area contributed by atoms with Crippen molar-refractivity contribution < 1.29 is 4.79 Å². The Morgan fingerprint density at radius 1 is 1.59 bits per heavy atom. The van der Waals surface area contributed by atoms with E-state index in [4.69, 9.17) is 5.73 Å². The molecule has 3 N–H and O–H groups in total. The Hall–Kier alpha value is -1.36. The van der Waals surface area contributed by atoms with Crippen molar-refractivity contribution in [2.24, 2.45) is 5.73 Å². The Labute approximate surface area is 101 Å². The number of likely N-dealkylation sites (N-methyl/N-ethyl adjacent to an activating group) is 1. The molecule has 1 aliphatic carbocycles. The van der Waals surface area contributed by atoms with E-state index in [0.29, 0.717) is 6.54 Å². The zero-order chi connectivity index (χ0) is 12.5. The largest absolute Gasteiger partial charge is 0.368 e. The SMILES string of the molecule is CNC(C)(Cn1cnc2c1CCCC2)C(N)=O. The van der Waals surface area contributed by atoms with Crippen LogP contribution in [-0.2, 0) is 24.2 Å². The lowest BCUT2D eigenvalue weighted by atomic mass is 9.99. The number of carbonyl (C=O) groups is 1. The molecule has 0 saturated heterocycles. The predicted octanol–water partition coefficient (Wildman–Crippen LogP) is 0.225.